The van der Waals surface area contributed by atoms with Gasteiger partial charge < -0.3 is 20.3 Å². The number of ether oxygens (including phenoxy) is 1. The zero-order valence-corrected chi connectivity index (χ0v) is 21.8. The Kier molecular flexibility index (Phi) is 6.59. The summed E-state index contributed by atoms with van der Waals surface area (Å²) in [5.74, 6) is 1.33. The molecule has 2 N–H and O–H groups in total. The number of fused-ring (bicyclic) bond motifs is 1. The number of methoxy groups -OCH3 is 1. The molecule has 0 radical (unpaired) electrons. The molecule has 1 saturated heterocycles. The molecule has 10 heteroatoms. The molecule has 1 fully saturated rings. The fourth-order valence-electron chi connectivity index (χ4n) is 4.88. The summed E-state index contributed by atoms with van der Waals surface area (Å²) in [5.41, 5.74) is 9.78. The van der Waals surface area contributed by atoms with E-state index < -0.39 is 0 Å². The second kappa shape index (κ2) is 9.83. The quantitative estimate of drug-likeness (QED) is 0.405. The second-order valence-corrected chi connectivity index (χ2v) is 9.69. The second-order valence-electron chi connectivity index (χ2n) is 9.28. The van der Waals surface area contributed by atoms with Crippen LogP contribution < -0.4 is 20.3 Å². The Balaban J connectivity index is 1.58. The third-order valence-electron chi connectivity index (χ3n) is 6.91. The minimum absolute atomic E-state index is 0.140. The first-order valence-electron chi connectivity index (χ1n) is 11.9. The molecule has 0 saturated carbocycles. The van der Waals surface area contributed by atoms with Gasteiger partial charge in [0.2, 0.25) is 5.95 Å². The number of rotatable bonds is 6. The highest BCUT2D eigenvalue weighted by Gasteiger charge is 2.25. The molecule has 4 aromatic rings. The van der Waals surface area contributed by atoms with E-state index in [0.29, 0.717) is 22.6 Å². The lowest BCUT2D eigenvalue weighted by Gasteiger charge is -2.37. The van der Waals surface area contributed by atoms with Crippen LogP contribution in [0.1, 0.15) is 12.8 Å². The smallest absolute Gasteiger partial charge is 0.222 e. The maximum atomic E-state index is 6.61. The van der Waals surface area contributed by atoms with Crippen LogP contribution in [0.5, 0.6) is 5.75 Å². The fourth-order valence-corrected chi connectivity index (χ4v) is 5.06. The van der Waals surface area contributed by atoms with Crippen molar-refractivity contribution in [2.24, 2.45) is 7.05 Å². The topological polar surface area (TPSA) is 88.6 Å². The number of anilines is 5. The first-order chi connectivity index (χ1) is 17.4. The number of nitrogens with zero attached hydrogens (tertiary/aromatic N) is 7. The van der Waals surface area contributed by atoms with Crippen LogP contribution in [0.15, 0.2) is 48.8 Å². The molecule has 0 unspecified atom stereocenters. The molecule has 3 heterocycles. The predicted molar refractivity (Wildman–Crippen MR) is 146 cm³/mol. The molecule has 0 atom stereocenters. The van der Waals surface area contributed by atoms with Gasteiger partial charge in [-0.15, -0.1) is 0 Å². The van der Waals surface area contributed by atoms with Crippen molar-refractivity contribution in [3.8, 4) is 5.75 Å². The largest absolute Gasteiger partial charge is 0.494 e. The Morgan fingerprint density at radius 3 is 2.58 bits per heavy atom. The molecule has 0 spiro atoms. The average Bonchev–Trinajstić information content (AvgIpc) is 3.26. The standard InChI is InChI=1S/C26H31ClN8O/c1-32(2)18-9-11-34(12-10-18)19-5-8-23(24(14-19)36-4)35(25-21(27)16-29-26(28)31-25)20-6-7-22-17(13-20)15-30-33(22)3/h5-8,13-16,18H,9-12H2,1-4H3,(H2,28,29,31). The Hall–Kier alpha value is -3.56. The van der Waals surface area contributed by atoms with E-state index in [4.69, 9.17) is 22.1 Å². The van der Waals surface area contributed by atoms with Crippen LogP contribution in [0.4, 0.5) is 28.8 Å². The molecule has 36 heavy (non-hydrogen) atoms. The van der Waals surface area contributed by atoms with Crippen molar-refractivity contribution in [3.05, 3.63) is 53.8 Å². The number of hydrogen-bond acceptors (Lipinski definition) is 8. The number of nitrogens with two attached hydrogens (primary N) is 1. The summed E-state index contributed by atoms with van der Waals surface area (Å²) < 4.78 is 7.75. The number of piperidine rings is 1. The van der Waals surface area contributed by atoms with E-state index in [0.717, 1.165) is 53.9 Å². The van der Waals surface area contributed by atoms with Crippen molar-refractivity contribution < 1.29 is 4.74 Å². The number of nitrogen functional groups attached to an aromatic ring is 1. The van der Waals surface area contributed by atoms with E-state index in [1.165, 1.54) is 6.20 Å². The van der Waals surface area contributed by atoms with Gasteiger partial charge >= 0.3 is 0 Å². The zero-order chi connectivity index (χ0) is 25.4. The lowest BCUT2D eigenvalue weighted by molar-refractivity contribution is 0.249. The number of aromatic nitrogens is 4. The van der Waals surface area contributed by atoms with E-state index in [-0.39, 0.29) is 5.95 Å². The molecule has 2 aromatic heterocycles. The third kappa shape index (κ3) is 4.52. The molecule has 0 aliphatic carbocycles. The Morgan fingerprint density at radius 2 is 1.86 bits per heavy atom. The summed E-state index contributed by atoms with van der Waals surface area (Å²) in [6.07, 6.45) is 5.61. The van der Waals surface area contributed by atoms with Crippen molar-refractivity contribution >= 4 is 51.3 Å². The monoisotopic (exact) mass is 506 g/mol. The molecule has 2 aromatic carbocycles. The lowest BCUT2D eigenvalue weighted by Crippen LogP contribution is -2.42. The van der Waals surface area contributed by atoms with Gasteiger partial charge in [0.15, 0.2) is 5.82 Å². The Morgan fingerprint density at radius 1 is 1.08 bits per heavy atom. The number of aryl methyl sites for hydroxylation is 1. The van der Waals surface area contributed by atoms with Crippen molar-refractivity contribution in [2.75, 3.05) is 49.8 Å². The minimum atomic E-state index is 0.140. The highest BCUT2D eigenvalue weighted by atomic mass is 35.5. The molecule has 0 bridgehead atoms. The van der Waals surface area contributed by atoms with E-state index in [1.807, 2.05) is 41.0 Å². The van der Waals surface area contributed by atoms with E-state index in [2.05, 4.69) is 57.2 Å². The number of hydrogen-bond donors (Lipinski definition) is 1. The summed E-state index contributed by atoms with van der Waals surface area (Å²) in [4.78, 5) is 15.2. The first kappa shape index (κ1) is 24.1. The van der Waals surface area contributed by atoms with E-state index in [9.17, 15) is 0 Å². The van der Waals surface area contributed by atoms with Crippen molar-refractivity contribution in [2.45, 2.75) is 18.9 Å². The third-order valence-corrected chi connectivity index (χ3v) is 7.17. The fraction of sp³-hybridized carbons (Fsp3) is 0.346. The zero-order valence-electron chi connectivity index (χ0n) is 21.0. The molecule has 188 valence electrons. The van der Waals surface area contributed by atoms with Gasteiger partial charge in [-0.25, -0.2) is 4.98 Å². The van der Waals surface area contributed by atoms with Crippen LogP contribution in [0.2, 0.25) is 5.02 Å². The van der Waals surface area contributed by atoms with Crippen molar-refractivity contribution in [1.29, 1.82) is 0 Å². The molecule has 5 rings (SSSR count). The summed E-state index contributed by atoms with van der Waals surface area (Å²) in [6, 6.07) is 13.0. The molecule has 1 aliphatic rings. The summed E-state index contributed by atoms with van der Waals surface area (Å²) in [5, 5.41) is 5.76. The average molecular weight is 507 g/mol. The van der Waals surface area contributed by atoms with Gasteiger partial charge in [0.1, 0.15) is 10.8 Å². The van der Waals surface area contributed by atoms with Crippen LogP contribution >= 0.6 is 11.6 Å². The van der Waals surface area contributed by atoms with Crippen LogP contribution in [-0.2, 0) is 7.05 Å². The minimum Gasteiger partial charge on any atom is -0.494 e. The van der Waals surface area contributed by atoms with Gasteiger partial charge in [0, 0.05) is 49.0 Å². The summed E-state index contributed by atoms with van der Waals surface area (Å²) in [7, 11) is 7.91. The van der Waals surface area contributed by atoms with Gasteiger partial charge in [-0.1, -0.05) is 11.6 Å². The van der Waals surface area contributed by atoms with E-state index in [1.54, 1.807) is 7.11 Å². The highest BCUT2D eigenvalue weighted by molar-refractivity contribution is 6.33. The van der Waals surface area contributed by atoms with Gasteiger partial charge in [-0.3, -0.25) is 9.58 Å². The van der Waals surface area contributed by atoms with Gasteiger partial charge in [-0.2, -0.15) is 10.1 Å². The van der Waals surface area contributed by atoms with Crippen molar-refractivity contribution in [3.63, 3.8) is 0 Å². The SMILES string of the molecule is COc1cc(N2CCC(N(C)C)CC2)ccc1N(c1ccc2c(cnn2C)c1)c1nc(N)ncc1Cl. The summed E-state index contributed by atoms with van der Waals surface area (Å²) in [6.45, 7) is 2.00. The molecule has 0 amide bonds. The van der Waals surface area contributed by atoms with Crippen molar-refractivity contribution in [1.82, 2.24) is 24.6 Å². The van der Waals surface area contributed by atoms with Crippen LogP contribution in [0.3, 0.4) is 0 Å². The Bertz CT molecular complexity index is 1380. The lowest BCUT2D eigenvalue weighted by atomic mass is 10.0. The van der Waals surface area contributed by atoms with Crippen LogP contribution in [0.25, 0.3) is 10.9 Å². The molecular weight excluding hydrogens is 476 g/mol. The maximum Gasteiger partial charge on any atom is 0.222 e. The molecule has 9 nitrogen and oxygen atoms in total. The number of halogens is 1. The maximum absolute atomic E-state index is 6.61. The first-order valence-corrected chi connectivity index (χ1v) is 12.3. The predicted octanol–water partition coefficient (Wildman–Crippen LogP) is 4.61. The van der Waals surface area contributed by atoms with Gasteiger partial charge in [-0.05, 0) is 57.3 Å². The summed E-state index contributed by atoms with van der Waals surface area (Å²) >= 11 is 6.61. The normalized spacial score (nSPS) is 14.6. The Labute approximate surface area is 216 Å². The number of benzene rings is 2. The van der Waals surface area contributed by atoms with Crippen LogP contribution in [-0.4, -0.2) is 65.0 Å². The van der Waals surface area contributed by atoms with Gasteiger partial charge in [0.05, 0.1) is 30.7 Å². The van der Waals surface area contributed by atoms with Crippen LogP contribution in [0, 0.1) is 0 Å². The highest BCUT2D eigenvalue weighted by Crippen LogP contribution is 2.44. The molecule has 1 aliphatic heterocycles. The van der Waals surface area contributed by atoms with E-state index >= 15 is 0 Å². The van der Waals surface area contributed by atoms with Gasteiger partial charge in [0.25, 0.3) is 0 Å². The molecular formula is C26H31ClN8O.